The summed E-state index contributed by atoms with van der Waals surface area (Å²) >= 11 is 0. The maximum atomic E-state index is 9.76. The Morgan fingerprint density at radius 1 is 0.650 bits per heavy atom. The van der Waals surface area contributed by atoms with Gasteiger partial charge in [-0.25, -0.2) is 0 Å². The first-order valence-corrected chi connectivity index (χ1v) is 5.47. The zero-order valence-electron chi connectivity index (χ0n) is 10.4. The molecule has 0 bridgehead atoms. The van der Waals surface area contributed by atoms with Gasteiger partial charge in [0.05, 0.1) is 13.2 Å². The molecule has 6 atom stereocenters. The van der Waals surface area contributed by atoms with Crippen molar-refractivity contribution in [1.29, 1.82) is 0 Å². The van der Waals surface area contributed by atoms with Gasteiger partial charge in [-0.2, -0.15) is 0 Å². The van der Waals surface area contributed by atoms with E-state index in [1.807, 2.05) is 0 Å². The number of hydrogen-bond donors (Lipinski definition) is 8. The van der Waals surface area contributed by atoms with Gasteiger partial charge in [-0.1, -0.05) is 0 Å². The Morgan fingerprint density at radius 2 is 0.900 bits per heavy atom. The summed E-state index contributed by atoms with van der Waals surface area (Å²) in [5.74, 6) is 0. The summed E-state index contributed by atoms with van der Waals surface area (Å²) in [4.78, 5) is 19.5. The summed E-state index contributed by atoms with van der Waals surface area (Å²) < 4.78 is 0. The fourth-order valence-corrected chi connectivity index (χ4v) is 0.832. The van der Waals surface area contributed by atoms with Crippen LogP contribution in [-0.4, -0.2) is 103 Å². The van der Waals surface area contributed by atoms with Crippen LogP contribution in [0.25, 0.3) is 0 Å². The minimum Gasteiger partial charge on any atom is -0.394 e. The van der Waals surface area contributed by atoms with E-state index in [0.717, 1.165) is 0 Å². The number of rotatable bonds is 8. The Morgan fingerprint density at radius 3 is 1.05 bits per heavy atom. The molecule has 0 rings (SSSR count). The Kier molecular flexibility index (Phi) is 12.6. The SMILES string of the molecule is O=C[C@@H](O)[C@H](O)[C@H](O)CO.O=C[C@H](O)[C@@H](O)[C@@H](O)CO. The molecule has 20 heavy (non-hydrogen) atoms. The molecule has 0 fully saturated rings. The highest BCUT2D eigenvalue weighted by Gasteiger charge is 2.23. The molecule has 10 nitrogen and oxygen atoms in total. The molecule has 0 aliphatic heterocycles. The summed E-state index contributed by atoms with van der Waals surface area (Å²) in [6.45, 7) is -1.38. The molecule has 0 aliphatic rings. The molecule has 0 saturated carbocycles. The fraction of sp³-hybridized carbons (Fsp3) is 0.800. The van der Waals surface area contributed by atoms with Crippen LogP contribution in [0.5, 0.6) is 0 Å². The van der Waals surface area contributed by atoms with E-state index in [1.54, 1.807) is 0 Å². The van der Waals surface area contributed by atoms with Gasteiger partial charge >= 0.3 is 0 Å². The van der Waals surface area contributed by atoms with E-state index in [2.05, 4.69) is 0 Å². The number of carbonyl (C=O) groups excluding carboxylic acids is 2. The summed E-state index contributed by atoms with van der Waals surface area (Å²) in [5.41, 5.74) is 0. The van der Waals surface area contributed by atoms with Crippen molar-refractivity contribution in [2.24, 2.45) is 0 Å². The Hall–Kier alpha value is -0.980. The van der Waals surface area contributed by atoms with E-state index in [-0.39, 0.29) is 12.6 Å². The summed E-state index contributed by atoms with van der Waals surface area (Å²) in [6.07, 6.45) is -9.26. The van der Waals surface area contributed by atoms with Crippen LogP contribution in [0.2, 0.25) is 0 Å². The van der Waals surface area contributed by atoms with Crippen LogP contribution in [0.4, 0.5) is 0 Å². The fourth-order valence-electron chi connectivity index (χ4n) is 0.832. The molecular weight excluding hydrogens is 280 g/mol. The number of hydrogen-bond acceptors (Lipinski definition) is 10. The molecule has 10 heteroatoms. The van der Waals surface area contributed by atoms with Gasteiger partial charge < -0.3 is 50.4 Å². The number of aldehydes is 2. The van der Waals surface area contributed by atoms with Crippen molar-refractivity contribution < 1.29 is 50.4 Å². The monoisotopic (exact) mass is 300 g/mol. The second-order valence-electron chi connectivity index (χ2n) is 3.73. The third kappa shape index (κ3) is 8.24. The molecule has 0 aromatic rings. The van der Waals surface area contributed by atoms with Crippen LogP contribution in [0.3, 0.4) is 0 Å². The molecule has 0 saturated heterocycles. The van der Waals surface area contributed by atoms with Crippen LogP contribution >= 0.6 is 0 Å². The van der Waals surface area contributed by atoms with Crippen molar-refractivity contribution in [2.75, 3.05) is 13.2 Å². The van der Waals surface area contributed by atoms with E-state index in [4.69, 9.17) is 40.9 Å². The van der Waals surface area contributed by atoms with Gasteiger partial charge in [-0.3, -0.25) is 0 Å². The maximum Gasteiger partial charge on any atom is 0.151 e. The smallest absolute Gasteiger partial charge is 0.151 e. The standard InChI is InChI=1S/2C5H10O5/c2*6-1-3(8)5(10)4(9)2-7/h2*1,3-5,7-10H,2H2/t2*3-,4-,5+/m10/s1. The topological polar surface area (TPSA) is 196 Å². The minimum atomic E-state index is -1.64. The second kappa shape index (κ2) is 11.8. The molecule has 0 heterocycles. The minimum absolute atomic E-state index is 0.0869. The Labute approximate surface area is 114 Å². The lowest BCUT2D eigenvalue weighted by Crippen LogP contribution is -2.40. The first-order chi connectivity index (χ1) is 9.26. The normalized spacial score (nSPS) is 19.6. The second-order valence-corrected chi connectivity index (χ2v) is 3.73. The van der Waals surface area contributed by atoms with Gasteiger partial charge in [-0.05, 0) is 0 Å². The largest absolute Gasteiger partial charge is 0.394 e. The number of aliphatic hydroxyl groups excluding tert-OH is 8. The van der Waals surface area contributed by atoms with Gasteiger partial charge in [0, 0.05) is 0 Å². The Bertz CT molecular complexity index is 234. The predicted molar refractivity (Wildman–Crippen MR) is 62.3 cm³/mol. The van der Waals surface area contributed by atoms with Crippen molar-refractivity contribution >= 4 is 12.6 Å². The lowest BCUT2D eigenvalue weighted by molar-refractivity contribution is -0.128. The lowest BCUT2D eigenvalue weighted by atomic mass is 10.1. The van der Waals surface area contributed by atoms with E-state index in [9.17, 15) is 9.59 Å². The molecule has 120 valence electrons. The van der Waals surface area contributed by atoms with Crippen LogP contribution in [0.15, 0.2) is 0 Å². The molecule has 0 spiro atoms. The van der Waals surface area contributed by atoms with Gasteiger partial charge in [0.1, 0.15) is 36.6 Å². The third-order valence-corrected chi connectivity index (χ3v) is 2.14. The van der Waals surface area contributed by atoms with Crippen LogP contribution in [-0.2, 0) is 9.59 Å². The highest BCUT2D eigenvalue weighted by atomic mass is 16.4. The van der Waals surface area contributed by atoms with Crippen molar-refractivity contribution in [1.82, 2.24) is 0 Å². The van der Waals surface area contributed by atoms with E-state index in [0.29, 0.717) is 0 Å². The highest BCUT2D eigenvalue weighted by molar-refractivity contribution is 5.57. The average molecular weight is 300 g/mol. The van der Waals surface area contributed by atoms with Crippen molar-refractivity contribution in [3.8, 4) is 0 Å². The lowest BCUT2D eigenvalue weighted by Gasteiger charge is -2.16. The van der Waals surface area contributed by atoms with Crippen LogP contribution < -0.4 is 0 Å². The molecule has 0 radical (unpaired) electrons. The summed E-state index contributed by atoms with van der Waals surface area (Å²) in [6, 6.07) is 0. The molecule has 0 aliphatic carbocycles. The predicted octanol–water partition coefficient (Wildman–Crippen LogP) is -5.48. The van der Waals surface area contributed by atoms with Gasteiger partial charge in [0.2, 0.25) is 0 Å². The first kappa shape index (κ1) is 21.3. The molecule has 0 unspecified atom stereocenters. The van der Waals surface area contributed by atoms with E-state index in [1.165, 1.54) is 0 Å². The maximum absolute atomic E-state index is 9.76. The molecular formula is C10H20O10. The van der Waals surface area contributed by atoms with Crippen molar-refractivity contribution in [3.63, 3.8) is 0 Å². The quantitative estimate of drug-likeness (QED) is 0.200. The van der Waals surface area contributed by atoms with Gasteiger partial charge in [-0.15, -0.1) is 0 Å². The average Bonchev–Trinajstić information content (AvgIpc) is 2.50. The zero-order valence-corrected chi connectivity index (χ0v) is 10.4. The number of aliphatic hydroxyl groups is 8. The van der Waals surface area contributed by atoms with Crippen molar-refractivity contribution in [2.45, 2.75) is 36.6 Å². The first-order valence-electron chi connectivity index (χ1n) is 5.47. The third-order valence-electron chi connectivity index (χ3n) is 2.14. The zero-order chi connectivity index (χ0) is 16.3. The number of carbonyl (C=O) groups is 2. The van der Waals surface area contributed by atoms with Crippen LogP contribution in [0.1, 0.15) is 0 Å². The van der Waals surface area contributed by atoms with Gasteiger partial charge in [0.25, 0.3) is 0 Å². The van der Waals surface area contributed by atoms with Gasteiger partial charge in [0.15, 0.2) is 12.6 Å². The Balaban J connectivity index is 0. The summed E-state index contributed by atoms with van der Waals surface area (Å²) in [7, 11) is 0. The molecule has 0 aromatic carbocycles. The molecule has 8 N–H and O–H groups in total. The molecule has 0 aromatic heterocycles. The van der Waals surface area contributed by atoms with Crippen molar-refractivity contribution in [3.05, 3.63) is 0 Å². The van der Waals surface area contributed by atoms with E-state index >= 15 is 0 Å². The van der Waals surface area contributed by atoms with E-state index < -0.39 is 49.8 Å². The summed E-state index contributed by atoms with van der Waals surface area (Å²) in [5, 5.41) is 68.1. The highest BCUT2D eigenvalue weighted by Crippen LogP contribution is 1.97. The molecule has 0 amide bonds. The van der Waals surface area contributed by atoms with Crippen LogP contribution in [0, 0.1) is 0 Å².